The fourth-order valence-corrected chi connectivity index (χ4v) is 3.67. The molecule has 0 unspecified atom stereocenters. The van der Waals surface area contributed by atoms with Crippen molar-refractivity contribution in [2.24, 2.45) is 16.7 Å². The van der Waals surface area contributed by atoms with E-state index < -0.39 is 0 Å². The topological polar surface area (TPSA) is 0 Å². The maximum Gasteiger partial charge on any atom is 0.0405 e. The molecule has 0 heterocycles. The van der Waals surface area contributed by atoms with Crippen LogP contribution in [0.2, 0.25) is 5.02 Å². The molecule has 17 heavy (non-hydrogen) atoms. The summed E-state index contributed by atoms with van der Waals surface area (Å²) in [4.78, 5) is 0. The molecule has 0 aliphatic heterocycles. The SMILES string of the molecule is CC12CCC(CC1)C2(C)C.Clc1ccccc1. The maximum absolute atomic E-state index is 5.54. The fourth-order valence-electron chi connectivity index (χ4n) is 3.53. The minimum absolute atomic E-state index is 0.660. The molecule has 0 spiro atoms. The van der Waals surface area contributed by atoms with Gasteiger partial charge < -0.3 is 0 Å². The molecule has 2 aliphatic rings. The van der Waals surface area contributed by atoms with Gasteiger partial charge in [0, 0.05) is 5.02 Å². The number of hydrogen-bond acceptors (Lipinski definition) is 0. The summed E-state index contributed by atoms with van der Waals surface area (Å²) in [6.45, 7) is 7.43. The summed E-state index contributed by atoms with van der Waals surface area (Å²) in [5, 5.41) is 0.794. The van der Waals surface area contributed by atoms with E-state index in [1.165, 1.54) is 25.7 Å². The minimum Gasteiger partial charge on any atom is -0.0843 e. The molecule has 0 nitrogen and oxygen atoms in total. The Kier molecular flexibility index (Phi) is 3.54. The van der Waals surface area contributed by atoms with Crippen LogP contribution in [0.5, 0.6) is 0 Å². The van der Waals surface area contributed by atoms with E-state index in [1.54, 1.807) is 0 Å². The third-order valence-corrected chi connectivity index (χ3v) is 5.65. The highest BCUT2D eigenvalue weighted by Crippen LogP contribution is 2.65. The number of rotatable bonds is 0. The maximum atomic E-state index is 5.54. The van der Waals surface area contributed by atoms with Gasteiger partial charge in [0.25, 0.3) is 0 Å². The highest BCUT2D eigenvalue weighted by atomic mass is 35.5. The van der Waals surface area contributed by atoms with E-state index in [4.69, 9.17) is 11.6 Å². The van der Waals surface area contributed by atoms with Crippen molar-refractivity contribution in [1.29, 1.82) is 0 Å². The van der Waals surface area contributed by atoms with Crippen LogP contribution in [-0.2, 0) is 0 Å². The molecule has 0 saturated heterocycles. The van der Waals surface area contributed by atoms with Gasteiger partial charge in [-0.25, -0.2) is 0 Å². The van der Waals surface area contributed by atoms with Crippen molar-refractivity contribution in [3.8, 4) is 0 Å². The van der Waals surface area contributed by atoms with Gasteiger partial charge in [-0.3, -0.25) is 0 Å². The van der Waals surface area contributed by atoms with Crippen LogP contribution < -0.4 is 0 Å². The predicted octanol–water partition coefficient (Wildman–Crippen LogP) is 5.56. The minimum atomic E-state index is 0.660. The molecule has 0 aromatic heterocycles. The Hall–Kier alpha value is -0.490. The summed E-state index contributed by atoms with van der Waals surface area (Å²) in [6.07, 6.45) is 5.99. The van der Waals surface area contributed by atoms with Crippen molar-refractivity contribution in [2.75, 3.05) is 0 Å². The fraction of sp³-hybridized carbons (Fsp3) is 0.625. The first-order valence-electron chi connectivity index (χ1n) is 6.66. The molecule has 1 aromatic rings. The summed E-state index contributed by atoms with van der Waals surface area (Å²) < 4.78 is 0. The van der Waals surface area contributed by atoms with Crippen LogP contribution in [0.4, 0.5) is 0 Å². The lowest BCUT2D eigenvalue weighted by Crippen LogP contribution is -2.26. The largest absolute Gasteiger partial charge is 0.0843 e. The quantitative estimate of drug-likeness (QED) is 0.565. The van der Waals surface area contributed by atoms with E-state index in [9.17, 15) is 0 Å². The van der Waals surface area contributed by atoms with Crippen LogP contribution in [0.25, 0.3) is 0 Å². The second kappa shape index (κ2) is 4.65. The zero-order valence-corrected chi connectivity index (χ0v) is 11.9. The third-order valence-electron chi connectivity index (χ3n) is 5.40. The molecule has 3 rings (SSSR count). The lowest BCUT2D eigenvalue weighted by molar-refractivity contribution is 0.152. The molecular weight excluding hydrogens is 228 g/mol. The van der Waals surface area contributed by atoms with Crippen molar-refractivity contribution in [2.45, 2.75) is 46.5 Å². The van der Waals surface area contributed by atoms with Gasteiger partial charge in [0.15, 0.2) is 0 Å². The standard InChI is InChI=1S/C10H18.C6H5Cl/c1-9(2)8-4-6-10(9,3)7-5-8;7-6-4-2-1-3-5-6/h8H,4-7H2,1-3H3;1-5H. The molecular formula is C16H23Cl. The Balaban J connectivity index is 0.000000136. The molecule has 0 N–H and O–H groups in total. The van der Waals surface area contributed by atoms with Crippen LogP contribution in [0.3, 0.4) is 0 Å². The predicted molar refractivity (Wildman–Crippen MR) is 75.3 cm³/mol. The number of hydrogen-bond donors (Lipinski definition) is 0. The van der Waals surface area contributed by atoms with Gasteiger partial charge >= 0.3 is 0 Å². The molecule has 94 valence electrons. The highest BCUT2D eigenvalue weighted by Gasteiger charge is 2.55. The van der Waals surface area contributed by atoms with E-state index in [0.29, 0.717) is 10.8 Å². The van der Waals surface area contributed by atoms with Gasteiger partial charge in [-0.15, -0.1) is 0 Å². The number of benzene rings is 1. The van der Waals surface area contributed by atoms with E-state index in [-0.39, 0.29) is 0 Å². The Labute approximate surface area is 110 Å². The number of halogens is 1. The Morgan fingerprint density at radius 3 is 1.71 bits per heavy atom. The lowest BCUT2D eigenvalue weighted by atomic mass is 9.71. The summed E-state index contributed by atoms with van der Waals surface area (Å²) in [6, 6.07) is 9.44. The van der Waals surface area contributed by atoms with Crippen LogP contribution in [0.1, 0.15) is 46.5 Å². The molecule has 2 fully saturated rings. The van der Waals surface area contributed by atoms with Crippen LogP contribution >= 0.6 is 11.6 Å². The van der Waals surface area contributed by atoms with Crippen molar-refractivity contribution >= 4 is 11.6 Å². The Morgan fingerprint density at radius 1 is 1.00 bits per heavy atom. The molecule has 1 heteroatoms. The van der Waals surface area contributed by atoms with Crippen molar-refractivity contribution in [3.05, 3.63) is 35.4 Å². The first-order valence-corrected chi connectivity index (χ1v) is 7.04. The highest BCUT2D eigenvalue weighted by molar-refractivity contribution is 6.30. The van der Waals surface area contributed by atoms with Gasteiger partial charge in [0.1, 0.15) is 0 Å². The van der Waals surface area contributed by atoms with E-state index in [1.807, 2.05) is 30.3 Å². The first-order chi connectivity index (χ1) is 7.96. The molecule has 2 saturated carbocycles. The summed E-state index contributed by atoms with van der Waals surface area (Å²) >= 11 is 5.54. The van der Waals surface area contributed by atoms with Gasteiger partial charge in [-0.05, 0) is 54.6 Å². The van der Waals surface area contributed by atoms with Gasteiger partial charge in [0.2, 0.25) is 0 Å². The summed E-state index contributed by atoms with van der Waals surface area (Å²) in [5.41, 5.74) is 1.37. The normalized spacial score (nSPS) is 33.1. The van der Waals surface area contributed by atoms with Gasteiger partial charge in [-0.1, -0.05) is 50.6 Å². The zero-order chi connectivity index (χ0) is 12.5. The molecule has 0 amide bonds. The molecule has 2 bridgehead atoms. The Morgan fingerprint density at radius 2 is 1.53 bits per heavy atom. The Bertz CT molecular complexity index is 356. The van der Waals surface area contributed by atoms with Gasteiger partial charge in [-0.2, -0.15) is 0 Å². The summed E-state index contributed by atoms with van der Waals surface area (Å²) in [7, 11) is 0. The van der Waals surface area contributed by atoms with Crippen molar-refractivity contribution in [3.63, 3.8) is 0 Å². The average molecular weight is 251 g/mol. The lowest BCUT2D eigenvalue weighted by Gasteiger charge is -2.34. The van der Waals surface area contributed by atoms with E-state index >= 15 is 0 Å². The van der Waals surface area contributed by atoms with Crippen LogP contribution in [-0.4, -0.2) is 0 Å². The second-order valence-corrected chi connectivity index (χ2v) is 6.79. The molecule has 0 radical (unpaired) electrons. The van der Waals surface area contributed by atoms with Crippen molar-refractivity contribution in [1.82, 2.24) is 0 Å². The molecule has 1 aromatic carbocycles. The van der Waals surface area contributed by atoms with Gasteiger partial charge in [0.05, 0.1) is 0 Å². The zero-order valence-electron chi connectivity index (χ0n) is 11.2. The molecule has 2 aliphatic carbocycles. The molecule has 0 atom stereocenters. The van der Waals surface area contributed by atoms with E-state index in [2.05, 4.69) is 20.8 Å². The van der Waals surface area contributed by atoms with E-state index in [0.717, 1.165) is 10.9 Å². The van der Waals surface area contributed by atoms with Crippen molar-refractivity contribution < 1.29 is 0 Å². The summed E-state index contributed by atoms with van der Waals surface area (Å²) in [5.74, 6) is 1.05. The average Bonchev–Trinajstić information content (AvgIpc) is 2.65. The smallest absolute Gasteiger partial charge is 0.0405 e. The third kappa shape index (κ3) is 2.38. The van der Waals surface area contributed by atoms with Crippen LogP contribution in [0.15, 0.2) is 30.3 Å². The van der Waals surface area contributed by atoms with Crippen LogP contribution in [0, 0.1) is 16.7 Å². The second-order valence-electron chi connectivity index (χ2n) is 6.35. The number of fused-ring (bicyclic) bond motifs is 2. The monoisotopic (exact) mass is 250 g/mol. The first kappa shape index (κ1) is 13.0.